The zero-order valence-electron chi connectivity index (χ0n) is 54.8. The predicted octanol–water partition coefficient (Wildman–Crippen LogP) is 9.10. The second-order valence-corrected chi connectivity index (χ2v) is 24.6. The molecule has 0 radical (unpaired) electrons. The zero-order valence-corrected chi connectivity index (χ0v) is 54.8. The van der Waals surface area contributed by atoms with Gasteiger partial charge in [-0.25, -0.2) is 0 Å². The largest absolute Gasteiger partial charge is 0.394 e. The highest BCUT2D eigenvalue weighted by Crippen LogP contribution is 2.33. The van der Waals surface area contributed by atoms with Crippen LogP contribution in [-0.4, -0.2) is 193 Å². The van der Waals surface area contributed by atoms with Gasteiger partial charge in [0.15, 0.2) is 18.9 Å². The molecule has 90 heavy (non-hydrogen) atoms. The van der Waals surface area contributed by atoms with Crippen molar-refractivity contribution in [3.63, 3.8) is 0 Å². The van der Waals surface area contributed by atoms with E-state index in [1.807, 2.05) is 6.08 Å². The summed E-state index contributed by atoms with van der Waals surface area (Å²) in [5.74, 6) is -0.332. The third-order valence-electron chi connectivity index (χ3n) is 16.9. The second kappa shape index (κ2) is 52.3. The predicted molar refractivity (Wildman–Crippen MR) is 351 cm³/mol. The van der Waals surface area contributed by atoms with Crippen LogP contribution in [0.3, 0.4) is 0 Å². The summed E-state index contributed by atoms with van der Waals surface area (Å²) < 4.78 is 34.3. The summed E-state index contributed by atoms with van der Waals surface area (Å²) in [6, 6.07) is -1.02. The van der Waals surface area contributed by atoms with Gasteiger partial charge in [-0.3, -0.25) is 4.79 Å². The van der Waals surface area contributed by atoms with E-state index in [-0.39, 0.29) is 12.3 Å². The van der Waals surface area contributed by atoms with Crippen molar-refractivity contribution < 1.29 is 89.4 Å². The number of aliphatic hydroxyl groups is 11. The Morgan fingerprint density at radius 1 is 0.411 bits per heavy atom. The molecular weight excluding hydrogens is 1150 g/mol. The first-order valence-corrected chi connectivity index (χ1v) is 34.8. The maximum absolute atomic E-state index is 13.3. The van der Waals surface area contributed by atoms with Gasteiger partial charge in [0, 0.05) is 6.42 Å². The highest BCUT2D eigenvalue weighted by molar-refractivity contribution is 5.76. The van der Waals surface area contributed by atoms with Gasteiger partial charge in [-0.15, -0.1) is 0 Å². The topological polar surface area (TPSA) is 307 Å². The fourth-order valence-corrected chi connectivity index (χ4v) is 11.3. The van der Waals surface area contributed by atoms with Gasteiger partial charge in [-0.1, -0.05) is 221 Å². The molecule has 19 heteroatoms. The third-order valence-corrected chi connectivity index (χ3v) is 16.9. The number of hydrogen-bond acceptors (Lipinski definition) is 18. The van der Waals surface area contributed by atoms with E-state index in [9.17, 15) is 61.0 Å². The molecule has 0 aromatic rings. The highest BCUT2D eigenvalue weighted by Gasteiger charge is 2.53. The van der Waals surface area contributed by atoms with Gasteiger partial charge in [0.05, 0.1) is 38.6 Å². The quantitative estimate of drug-likeness (QED) is 0.0200. The van der Waals surface area contributed by atoms with Crippen molar-refractivity contribution in [1.29, 1.82) is 0 Å². The van der Waals surface area contributed by atoms with Crippen molar-refractivity contribution in [3.05, 3.63) is 85.1 Å². The van der Waals surface area contributed by atoms with Crippen LogP contribution in [0.5, 0.6) is 0 Å². The number of allylic oxidation sites excluding steroid dienone is 13. The fraction of sp³-hybridized carbons (Fsp3) is 0.789. The smallest absolute Gasteiger partial charge is 0.220 e. The molecule has 3 aliphatic rings. The first-order chi connectivity index (χ1) is 43.8. The second-order valence-electron chi connectivity index (χ2n) is 24.6. The van der Waals surface area contributed by atoms with Gasteiger partial charge < -0.3 is 89.9 Å². The molecule has 17 atom stereocenters. The molecule has 17 unspecified atom stereocenters. The number of ether oxygens (including phenoxy) is 6. The van der Waals surface area contributed by atoms with Gasteiger partial charge >= 0.3 is 0 Å². The lowest BCUT2D eigenvalue weighted by Crippen LogP contribution is -2.66. The summed E-state index contributed by atoms with van der Waals surface area (Å²) in [6.45, 7) is 1.55. The molecule has 12 N–H and O–H groups in total. The average molecular weight is 1280 g/mol. The van der Waals surface area contributed by atoms with Crippen molar-refractivity contribution in [1.82, 2.24) is 5.32 Å². The molecule has 3 heterocycles. The average Bonchev–Trinajstić information content (AvgIpc) is 0.866. The molecular formula is C71H123NO18. The molecule has 3 aliphatic heterocycles. The van der Waals surface area contributed by atoms with E-state index in [1.54, 1.807) is 6.08 Å². The number of rotatable bonds is 52. The van der Waals surface area contributed by atoms with Crippen LogP contribution in [0.25, 0.3) is 0 Å². The molecule has 1 amide bonds. The lowest BCUT2D eigenvalue weighted by atomic mass is 9.96. The fourth-order valence-electron chi connectivity index (χ4n) is 11.3. The molecule has 3 saturated heterocycles. The van der Waals surface area contributed by atoms with Crippen LogP contribution in [0, 0.1) is 0 Å². The summed E-state index contributed by atoms with van der Waals surface area (Å²) in [7, 11) is 0. The van der Waals surface area contributed by atoms with Gasteiger partial charge in [0.1, 0.15) is 73.2 Å². The lowest BCUT2D eigenvalue weighted by molar-refractivity contribution is -0.379. The van der Waals surface area contributed by atoms with E-state index >= 15 is 0 Å². The first kappa shape index (κ1) is 81.2. The van der Waals surface area contributed by atoms with Crippen molar-refractivity contribution in [2.24, 2.45) is 0 Å². The molecule has 0 saturated carbocycles. The summed E-state index contributed by atoms with van der Waals surface area (Å²) >= 11 is 0. The molecule has 0 aromatic heterocycles. The normalized spacial score (nSPS) is 28.6. The number of unbranched alkanes of at least 4 members (excludes halogenated alkanes) is 24. The number of carbonyl (C=O) groups is 1. The van der Waals surface area contributed by atoms with Crippen LogP contribution < -0.4 is 5.32 Å². The Kier molecular flexibility index (Phi) is 47.2. The minimum atomic E-state index is -1.99. The highest BCUT2D eigenvalue weighted by atomic mass is 16.8. The summed E-state index contributed by atoms with van der Waals surface area (Å²) in [4.78, 5) is 13.3. The number of hydrogen-bond donors (Lipinski definition) is 12. The monoisotopic (exact) mass is 1280 g/mol. The molecule has 3 fully saturated rings. The van der Waals surface area contributed by atoms with E-state index in [2.05, 4.69) is 92.1 Å². The first-order valence-electron chi connectivity index (χ1n) is 34.8. The molecule has 19 nitrogen and oxygen atoms in total. The van der Waals surface area contributed by atoms with Crippen LogP contribution in [0.2, 0.25) is 0 Å². The van der Waals surface area contributed by atoms with Crippen molar-refractivity contribution >= 4 is 5.91 Å². The van der Waals surface area contributed by atoms with Gasteiger partial charge in [-0.2, -0.15) is 0 Å². The summed E-state index contributed by atoms with van der Waals surface area (Å²) in [5, 5.41) is 120. The van der Waals surface area contributed by atoms with E-state index in [0.29, 0.717) is 12.8 Å². The zero-order chi connectivity index (χ0) is 65.4. The standard InChI is InChI=1S/C71H123NO18/c1-3-5-7-9-11-13-15-17-19-20-21-22-23-24-25-26-27-28-29-30-31-32-33-35-36-38-40-42-44-46-48-55(76)54(72-59(77)49-47-45-43-41-39-37-34-18-16-14-12-10-8-6-4-2)53-85-69-65(83)62(80)67(57(51-74)87-69)90-71-66(84)63(81)68(58(52-75)88-71)89-70-64(82)61(79)60(78)56(50-73)86-70/h6,8,12,14,18,32-34,38-41,46,48,54-58,60-71,73-76,78-84H,3-5,7,9-11,13,15-17,19-31,35-37,42-45,47,49-53H2,1-2H3,(H,72,77)/b8-6-,14-12-,33-32+,34-18-,40-38+,41-39-,48-46+. The van der Waals surface area contributed by atoms with Crippen molar-refractivity contribution in [2.75, 3.05) is 26.4 Å². The van der Waals surface area contributed by atoms with E-state index < -0.39 is 131 Å². The molecule has 0 spiro atoms. The maximum atomic E-state index is 13.3. The number of amides is 1. The van der Waals surface area contributed by atoms with E-state index in [0.717, 1.165) is 64.2 Å². The van der Waals surface area contributed by atoms with Crippen LogP contribution in [0.4, 0.5) is 0 Å². The minimum absolute atomic E-state index is 0.175. The molecule has 0 bridgehead atoms. The van der Waals surface area contributed by atoms with Crippen molar-refractivity contribution in [2.45, 2.75) is 330 Å². The van der Waals surface area contributed by atoms with Gasteiger partial charge in [-0.05, 0) is 83.5 Å². The molecule has 0 aromatic carbocycles. The van der Waals surface area contributed by atoms with E-state index in [1.165, 1.54) is 128 Å². The molecule has 0 aliphatic carbocycles. The van der Waals surface area contributed by atoms with Crippen LogP contribution in [0.15, 0.2) is 85.1 Å². The van der Waals surface area contributed by atoms with Crippen LogP contribution in [0.1, 0.15) is 226 Å². The Balaban J connectivity index is 1.44. The summed E-state index contributed by atoms with van der Waals surface area (Å²) in [6.07, 6.45) is 40.2. The lowest BCUT2D eigenvalue weighted by Gasteiger charge is -2.48. The van der Waals surface area contributed by atoms with Crippen molar-refractivity contribution in [3.8, 4) is 0 Å². The summed E-state index contributed by atoms with van der Waals surface area (Å²) in [5.41, 5.74) is 0. The number of aliphatic hydroxyl groups excluding tert-OH is 11. The number of carbonyl (C=O) groups excluding carboxylic acids is 1. The molecule has 520 valence electrons. The van der Waals surface area contributed by atoms with Gasteiger partial charge in [0.25, 0.3) is 0 Å². The Morgan fingerprint density at radius 2 is 0.778 bits per heavy atom. The Bertz CT molecular complexity index is 1960. The maximum Gasteiger partial charge on any atom is 0.220 e. The third kappa shape index (κ3) is 33.9. The molecule has 3 rings (SSSR count). The minimum Gasteiger partial charge on any atom is -0.394 e. The van der Waals surface area contributed by atoms with Gasteiger partial charge in [0.2, 0.25) is 5.91 Å². The number of nitrogens with one attached hydrogen (secondary N) is 1. The Hall–Kier alpha value is -3.03. The Morgan fingerprint density at radius 3 is 1.24 bits per heavy atom. The van der Waals surface area contributed by atoms with Crippen LogP contribution >= 0.6 is 0 Å². The SMILES string of the molecule is CC/C=C\C/C=C\C/C=C\C/C=C\CCCCC(=O)NC(COC1OC(CO)C(OC2OC(CO)C(OC3OC(CO)C(O)C(O)C3O)C(O)C2O)C(O)C1O)C(O)/C=C/CC/C=C/CC/C=C/CCCCCCCCCCCCCCCCCCCCCC. The van der Waals surface area contributed by atoms with E-state index in [4.69, 9.17) is 28.4 Å². The Labute approximate surface area is 540 Å². The van der Waals surface area contributed by atoms with Crippen LogP contribution in [-0.2, 0) is 33.2 Å².